The Balaban J connectivity index is 2.76. The molecule has 0 fully saturated rings. The van der Waals surface area contributed by atoms with Gasteiger partial charge in [0.1, 0.15) is 5.82 Å². The average molecular weight is 274 g/mol. The van der Waals surface area contributed by atoms with Crippen molar-refractivity contribution in [1.82, 2.24) is 0 Å². The first-order valence-corrected chi connectivity index (χ1v) is 6.82. The van der Waals surface area contributed by atoms with Crippen LogP contribution < -0.4 is 0 Å². The van der Waals surface area contributed by atoms with Gasteiger partial charge < -0.3 is 5.11 Å². The van der Waals surface area contributed by atoms with Crippen LogP contribution in [-0.2, 0) is 0 Å². The third-order valence-electron chi connectivity index (χ3n) is 3.50. The topological polar surface area (TPSA) is 20.2 Å². The molecule has 4 heteroatoms. The van der Waals surface area contributed by atoms with Crippen molar-refractivity contribution in [3.05, 3.63) is 35.1 Å². The molecule has 108 valence electrons. The van der Waals surface area contributed by atoms with E-state index >= 15 is 0 Å². The summed E-state index contributed by atoms with van der Waals surface area (Å²) in [7, 11) is 0. The van der Waals surface area contributed by atoms with Gasteiger partial charge in [-0.15, -0.1) is 0 Å². The molecule has 2 atom stereocenters. The Kier molecular flexibility index (Phi) is 6.35. The quantitative estimate of drug-likeness (QED) is 0.712. The van der Waals surface area contributed by atoms with Crippen molar-refractivity contribution in [3.63, 3.8) is 0 Å². The minimum Gasteiger partial charge on any atom is -0.388 e. The highest BCUT2D eigenvalue weighted by molar-refractivity contribution is 5.22. The van der Waals surface area contributed by atoms with Crippen LogP contribution in [0.15, 0.2) is 12.1 Å². The first-order valence-electron chi connectivity index (χ1n) is 6.82. The molecule has 0 amide bonds. The normalized spacial score (nSPS) is 14.4. The van der Waals surface area contributed by atoms with E-state index in [0.717, 1.165) is 31.7 Å². The third kappa shape index (κ3) is 4.53. The smallest absolute Gasteiger partial charge is 0.161 e. The highest BCUT2D eigenvalue weighted by Gasteiger charge is 2.20. The summed E-state index contributed by atoms with van der Waals surface area (Å²) in [6.45, 7) is 4.09. The minimum atomic E-state index is -1.23. The molecule has 0 spiro atoms. The van der Waals surface area contributed by atoms with Gasteiger partial charge in [-0.1, -0.05) is 39.5 Å². The van der Waals surface area contributed by atoms with E-state index in [4.69, 9.17) is 0 Å². The van der Waals surface area contributed by atoms with Crippen molar-refractivity contribution in [2.75, 3.05) is 0 Å². The van der Waals surface area contributed by atoms with Crippen molar-refractivity contribution in [1.29, 1.82) is 0 Å². The van der Waals surface area contributed by atoms with Gasteiger partial charge in [-0.3, -0.25) is 0 Å². The first-order chi connectivity index (χ1) is 8.99. The molecule has 0 aliphatic rings. The van der Waals surface area contributed by atoms with Crippen LogP contribution in [0.25, 0.3) is 0 Å². The van der Waals surface area contributed by atoms with Gasteiger partial charge in [0.25, 0.3) is 0 Å². The van der Waals surface area contributed by atoms with Crippen LogP contribution in [0.1, 0.15) is 57.6 Å². The van der Waals surface area contributed by atoms with Crippen LogP contribution in [0.5, 0.6) is 0 Å². The Morgan fingerprint density at radius 2 is 1.68 bits per heavy atom. The maximum absolute atomic E-state index is 13.5. The Morgan fingerprint density at radius 1 is 1.05 bits per heavy atom. The zero-order valence-corrected chi connectivity index (χ0v) is 11.4. The zero-order chi connectivity index (χ0) is 14.4. The number of hydrogen-bond acceptors (Lipinski definition) is 1. The molecule has 0 saturated heterocycles. The number of aliphatic hydroxyl groups is 1. The number of rotatable bonds is 7. The Bertz CT molecular complexity index is 407. The van der Waals surface area contributed by atoms with E-state index < -0.39 is 23.6 Å². The highest BCUT2D eigenvalue weighted by Crippen LogP contribution is 2.29. The molecule has 0 radical (unpaired) electrons. The summed E-state index contributed by atoms with van der Waals surface area (Å²) in [5.74, 6) is -2.98. The average Bonchev–Trinajstić information content (AvgIpc) is 2.38. The molecule has 19 heavy (non-hydrogen) atoms. The standard InChI is InChI=1S/C15H21F3O/c1-3-5-6-10(4-2)7-15(19)11-8-13(17)14(18)9-12(11)16/h8-10,15,19H,3-7H2,1-2H3. The SMILES string of the molecule is CCCCC(CC)CC(O)c1cc(F)c(F)cc1F. The number of unbranched alkanes of at least 4 members (excludes halogenated alkanes) is 1. The molecule has 2 unspecified atom stereocenters. The summed E-state index contributed by atoms with van der Waals surface area (Å²) in [5, 5.41) is 9.99. The van der Waals surface area contributed by atoms with Crippen LogP contribution in [-0.4, -0.2) is 5.11 Å². The van der Waals surface area contributed by atoms with E-state index in [9.17, 15) is 18.3 Å². The second-order valence-electron chi connectivity index (χ2n) is 4.96. The number of aliphatic hydroxyl groups excluding tert-OH is 1. The van der Waals surface area contributed by atoms with Crippen molar-refractivity contribution in [3.8, 4) is 0 Å². The maximum atomic E-state index is 13.5. The summed E-state index contributed by atoms with van der Waals surface area (Å²) in [6.07, 6.45) is 3.23. The molecule has 0 aromatic heterocycles. The van der Waals surface area contributed by atoms with Crippen LogP contribution in [0.4, 0.5) is 13.2 Å². The van der Waals surface area contributed by atoms with Gasteiger partial charge in [0, 0.05) is 11.6 Å². The maximum Gasteiger partial charge on any atom is 0.161 e. The highest BCUT2D eigenvalue weighted by atomic mass is 19.2. The van der Waals surface area contributed by atoms with Crippen LogP contribution in [0.2, 0.25) is 0 Å². The fourth-order valence-electron chi connectivity index (χ4n) is 2.22. The van der Waals surface area contributed by atoms with Gasteiger partial charge >= 0.3 is 0 Å². The molecule has 0 heterocycles. The monoisotopic (exact) mass is 274 g/mol. The third-order valence-corrected chi connectivity index (χ3v) is 3.50. The van der Waals surface area contributed by atoms with E-state index in [2.05, 4.69) is 6.92 Å². The predicted octanol–water partition coefficient (Wildman–Crippen LogP) is 4.74. The zero-order valence-electron chi connectivity index (χ0n) is 11.4. The predicted molar refractivity (Wildman–Crippen MR) is 69.2 cm³/mol. The molecular weight excluding hydrogens is 253 g/mol. The van der Waals surface area contributed by atoms with E-state index in [-0.39, 0.29) is 11.5 Å². The number of benzene rings is 1. The van der Waals surface area contributed by atoms with Crippen molar-refractivity contribution in [2.24, 2.45) is 5.92 Å². The molecule has 1 N–H and O–H groups in total. The summed E-state index contributed by atoms with van der Waals surface area (Å²) in [4.78, 5) is 0. The Morgan fingerprint density at radius 3 is 2.26 bits per heavy atom. The Hall–Kier alpha value is -1.03. The second-order valence-corrected chi connectivity index (χ2v) is 4.96. The van der Waals surface area contributed by atoms with Gasteiger partial charge in [0.05, 0.1) is 6.10 Å². The lowest BCUT2D eigenvalue weighted by atomic mass is 9.90. The van der Waals surface area contributed by atoms with Crippen LogP contribution in [0.3, 0.4) is 0 Å². The molecule has 1 aromatic rings. The lowest BCUT2D eigenvalue weighted by Crippen LogP contribution is -2.09. The minimum absolute atomic E-state index is 0.158. The fourth-order valence-corrected chi connectivity index (χ4v) is 2.22. The van der Waals surface area contributed by atoms with Crippen molar-refractivity contribution >= 4 is 0 Å². The first kappa shape index (κ1) is 16.0. The van der Waals surface area contributed by atoms with Crippen molar-refractivity contribution < 1.29 is 18.3 Å². The van der Waals surface area contributed by atoms with Crippen LogP contribution >= 0.6 is 0 Å². The van der Waals surface area contributed by atoms with E-state index in [1.807, 2.05) is 6.92 Å². The molecule has 1 aromatic carbocycles. The largest absolute Gasteiger partial charge is 0.388 e. The number of halogens is 3. The summed E-state index contributed by atoms with van der Waals surface area (Å²) in [6, 6.07) is 1.24. The molecule has 0 bridgehead atoms. The molecule has 0 aliphatic heterocycles. The lowest BCUT2D eigenvalue weighted by Gasteiger charge is -2.19. The van der Waals surface area contributed by atoms with Crippen molar-refractivity contribution in [2.45, 2.75) is 52.1 Å². The molecule has 1 nitrogen and oxygen atoms in total. The summed E-state index contributed by atoms with van der Waals surface area (Å²) < 4.78 is 39.4. The van der Waals surface area contributed by atoms with Gasteiger partial charge in [-0.25, -0.2) is 13.2 Å². The van der Waals surface area contributed by atoms with Gasteiger partial charge in [-0.2, -0.15) is 0 Å². The summed E-state index contributed by atoms with van der Waals surface area (Å²) >= 11 is 0. The van der Waals surface area contributed by atoms with E-state index in [1.54, 1.807) is 0 Å². The molecule has 1 rings (SSSR count). The lowest BCUT2D eigenvalue weighted by molar-refractivity contribution is 0.134. The fraction of sp³-hybridized carbons (Fsp3) is 0.600. The van der Waals surface area contributed by atoms with Gasteiger partial charge in [0.15, 0.2) is 11.6 Å². The van der Waals surface area contributed by atoms with Gasteiger partial charge in [0.2, 0.25) is 0 Å². The Labute approximate surface area is 112 Å². The van der Waals surface area contributed by atoms with Gasteiger partial charge in [-0.05, 0) is 18.4 Å². The van der Waals surface area contributed by atoms with E-state index in [0.29, 0.717) is 12.5 Å². The molecule has 0 saturated carbocycles. The van der Waals surface area contributed by atoms with E-state index in [1.165, 1.54) is 0 Å². The summed E-state index contributed by atoms with van der Waals surface area (Å²) in [5.41, 5.74) is -0.158. The molecular formula is C15H21F3O. The molecule has 0 aliphatic carbocycles. The van der Waals surface area contributed by atoms with Crippen LogP contribution in [0, 0.1) is 23.4 Å². The second kappa shape index (κ2) is 7.53. The number of hydrogen-bond donors (Lipinski definition) is 1.